The summed E-state index contributed by atoms with van der Waals surface area (Å²) in [6, 6.07) is 9.92. The highest BCUT2D eigenvalue weighted by Gasteiger charge is 2.13. The lowest BCUT2D eigenvalue weighted by molar-refractivity contribution is -0.132. The van der Waals surface area contributed by atoms with Gasteiger partial charge in [0.05, 0.1) is 14.2 Å². The molecule has 0 N–H and O–H groups in total. The van der Waals surface area contributed by atoms with Crippen LogP contribution in [0.2, 0.25) is 0 Å². The van der Waals surface area contributed by atoms with Crippen molar-refractivity contribution in [2.45, 2.75) is 27.2 Å². The van der Waals surface area contributed by atoms with Gasteiger partial charge in [-0.2, -0.15) is 0 Å². The molecule has 146 valence electrons. The molecule has 0 heterocycles. The Balaban J connectivity index is 1.91. The number of likely N-dealkylation sites (N-methyl/N-ethyl adjacent to an activating group) is 1. The van der Waals surface area contributed by atoms with Crippen molar-refractivity contribution in [1.82, 2.24) is 4.90 Å². The lowest BCUT2D eigenvalue weighted by Gasteiger charge is -2.19. The van der Waals surface area contributed by atoms with E-state index in [4.69, 9.17) is 14.2 Å². The molecule has 27 heavy (non-hydrogen) atoms. The van der Waals surface area contributed by atoms with Crippen LogP contribution in [-0.2, 0) is 11.2 Å². The molecule has 0 aliphatic rings. The number of ether oxygens (including phenoxy) is 3. The lowest BCUT2D eigenvalue weighted by atomic mass is 10.1. The minimum absolute atomic E-state index is 0.0349. The molecule has 0 saturated carbocycles. The summed E-state index contributed by atoms with van der Waals surface area (Å²) in [5, 5.41) is 0. The molecule has 0 spiro atoms. The molecule has 0 aliphatic carbocycles. The summed E-state index contributed by atoms with van der Waals surface area (Å²) in [6.45, 7) is 6.69. The largest absolute Gasteiger partial charge is 0.493 e. The molecule has 0 radical (unpaired) electrons. The average Bonchev–Trinajstić information content (AvgIpc) is 2.64. The molecule has 2 rings (SSSR count). The van der Waals surface area contributed by atoms with Gasteiger partial charge in [0.2, 0.25) is 0 Å². The fourth-order valence-corrected chi connectivity index (χ4v) is 3.10. The molecule has 0 atom stereocenters. The number of nitrogens with zero attached hydrogens (tertiary/aromatic N) is 1. The van der Waals surface area contributed by atoms with Crippen molar-refractivity contribution < 1.29 is 19.0 Å². The van der Waals surface area contributed by atoms with Crippen LogP contribution in [0.1, 0.15) is 22.3 Å². The second-order valence-electron chi connectivity index (χ2n) is 6.77. The van der Waals surface area contributed by atoms with Crippen molar-refractivity contribution in [3.8, 4) is 17.2 Å². The standard InChI is InChI=1S/C22H29NO4/c1-15-11-16(2)22(17(3)12-15)27-14-21(24)23(4)10-9-18-7-8-19(25-5)20(13-18)26-6/h7-8,11-13H,9-10,14H2,1-6H3. The van der Waals surface area contributed by atoms with Crippen molar-refractivity contribution in [1.29, 1.82) is 0 Å². The van der Waals surface area contributed by atoms with Crippen molar-refractivity contribution in [3.63, 3.8) is 0 Å². The SMILES string of the molecule is COc1ccc(CCN(C)C(=O)COc2c(C)cc(C)cc2C)cc1OC. The first kappa shape index (κ1) is 20.6. The van der Waals surface area contributed by atoms with Gasteiger partial charge in [-0.15, -0.1) is 0 Å². The lowest BCUT2D eigenvalue weighted by Crippen LogP contribution is -2.33. The van der Waals surface area contributed by atoms with Gasteiger partial charge in [-0.05, 0) is 56.0 Å². The van der Waals surface area contributed by atoms with Crippen LogP contribution < -0.4 is 14.2 Å². The molecule has 0 aliphatic heterocycles. The monoisotopic (exact) mass is 371 g/mol. The molecule has 2 aromatic carbocycles. The Morgan fingerprint density at radius 2 is 1.59 bits per heavy atom. The first-order valence-corrected chi connectivity index (χ1v) is 9.01. The highest BCUT2D eigenvalue weighted by molar-refractivity contribution is 5.77. The third-order valence-electron chi connectivity index (χ3n) is 4.55. The average molecular weight is 371 g/mol. The fraction of sp³-hybridized carbons (Fsp3) is 0.409. The fourth-order valence-electron chi connectivity index (χ4n) is 3.10. The summed E-state index contributed by atoms with van der Waals surface area (Å²) in [5.74, 6) is 2.14. The number of rotatable bonds is 8. The van der Waals surface area contributed by atoms with Gasteiger partial charge in [0, 0.05) is 13.6 Å². The topological polar surface area (TPSA) is 48.0 Å². The molecule has 0 saturated heterocycles. The number of benzene rings is 2. The summed E-state index contributed by atoms with van der Waals surface area (Å²) >= 11 is 0. The smallest absolute Gasteiger partial charge is 0.260 e. The van der Waals surface area contributed by atoms with E-state index in [9.17, 15) is 4.79 Å². The third kappa shape index (κ3) is 5.39. The predicted octanol–water partition coefficient (Wildman–Crippen LogP) is 3.71. The molecule has 2 aromatic rings. The molecule has 0 aromatic heterocycles. The van der Waals surface area contributed by atoms with E-state index < -0.39 is 0 Å². The van der Waals surface area contributed by atoms with Crippen molar-refractivity contribution in [3.05, 3.63) is 52.6 Å². The first-order valence-electron chi connectivity index (χ1n) is 9.01. The predicted molar refractivity (Wildman–Crippen MR) is 107 cm³/mol. The maximum Gasteiger partial charge on any atom is 0.260 e. The number of hydrogen-bond donors (Lipinski definition) is 0. The zero-order chi connectivity index (χ0) is 20.0. The van der Waals surface area contributed by atoms with Crippen molar-refractivity contribution in [2.24, 2.45) is 0 Å². The van der Waals surface area contributed by atoms with Gasteiger partial charge in [-0.25, -0.2) is 0 Å². The number of carbonyl (C=O) groups excluding carboxylic acids is 1. The quantitative estimate of drug-likeness (QED) is 0.710. The molecule has 5 heteroatoms. The van der Waals surface area contributed by atoms with Gasteiger partial charge in [-0.1, -0.05) is 23.8 Å². The zero-order valence-electron chi connectivity index (χ0n) is 17.1. The minimum Gasteiger partial charge on any atom is -0.493 e. The van der Waals surface area contributed by atoms with Crippen LogP contribution in [0.3, 0.4) is 0 Å². The second-order valence-corrected chi connectivity index (χ2v) is 6.77. The summed E-state index contributed by atoms with van der Waals surface area (Å²) in [4.78, 5) is 14.1. The Morgan fingerprint density at radius 3 is 2.19 bits per heavy atom. The first-order chi connectivity index (χ1) is 12.8. The number of hydrogen-bond acceptors (Lipinski definition) is 4. The maximum atomic E-state index is 12.4. The Morgan fingerprint density at radius 1 is 0.963 bits per heavy atom. The Labute approximate surface area is 161 Å². The highest BCUT2D eigenvalue weighted by atomic mass is 16.5. The second kappa shape index (κ2) is 9.31. The molecule has 1 amide bonds. The summed E-state index contributed by atoms with van der Waals surface area (Å²) in [6.07, 6.45) is 0.727. The van der Waals surface area contributed by atoms with E-state index >= 15 is 0 Å². The van der Waals surface area contributed by atoms with Crippen LogP contribution >= 0.6 is 0 Å². The maximum absolute atomic E-state index is 12.4. The number of amides is 1. The molecular formula is C22H29NO4. The molecule has 0 fully saturated rings. The van der Waals surface area contributed by atoms with E-state index in [0.717, 1.165) is 28.9 Å². The van der Waals surface area contributed by atoms with E-state index in [0.29, 0.717) is 18.0 Å². The molecule has 5 nitrogen and oxygen atoms in total. The van der Waals surface area contributed by atoms with Gasteiger partial charge in [0.1, 0.15) is 5.75 Å². The number of carbonyl (C=O) groups is 1. The highest BCUT2D eigenvalue weighted by Crippen LogP contribution is 2.28. The van der Waals surface area contributed by atoms with Gasteiger partial charge >= 0.3 is 0 Å². The van der Waals surface area contributed by atoms with Gasteiger partial charge < -0.3 is 19.1 Å². The van der Waals surface area contributed by atoms with Crippen LogP contribution in [0, 0.1) is 20.8 Å². The summed E-state index contributed by atoms with van der Waals surface area (Å²) < 4.78 is 16.4. The number of methoxy groups -OCH3 is 2. The zero-order valence-corrected chi connectivity index (χ0v) is 17.1. The summed E-state index contributed by atoms with van der Waals surface area (Å²) in [5.41, 5.74) is 4.37. The van der Waals surface area contributed by atoms with E-state index in [1.165, 1.54) is 5.56 Å². The van der Waals surface area contributed by atoms with Gasteiger partial charge in [0.25, 0.3) is 5.91 Å². The van der Waals surface area contributed by atoms with Crippen LogP contribution in [0.15, 0.2) is 30.3 Å². The van der Waals surface area contributed by atoms with Crippen LogP contribution in [-0.4, -0.2) is 45.2 Å². The van der Waals surface area contributed by atoms with Crippen LogP contribution in [0.25, 0.3) is 0 Å². The van der Waals surface area contributed by atoms with E-state index in [1.54, 1.807) is 26.2 Å². The molecular weight excluding hydrogens is 342 g/mol. The minimum atomic E-state index is -0.0464. The van der Waals surface area contributed by atoms with Crippen LogP contribution in [0.4, 0.5) is 0 Å². The Kier molecular flexibility index (Phi) is 7.11. The molecule has 0 unspecified atom stereocenters. The van der Waals surface area contributed by atoms with Gasteiger partial charge in [-0.3, -0.25) is 4.79 Å². The third-order valence-corrected chi connectivity index (χ3v) is 4.55. The van der Waals surface area contributed by atoms with Crippen molar-refractivity contribution >= 4 is 5.91 Å². The van der Waals surface area contributed by atoms with Crippen molar-refractivity contribution in [2.75, 3.05) is 34.4 Å². The van der Waals surface area contributed by atoms with E-state index in [2.05, 4.69) is 19.1 Å². The Bertz CT molecular complexity index is 778. The summed E-state index contributed by atoms with van der Waals surface area (Å²) in [7, 11) is 5.02. The molecule has 0 bridgehead atoms. The number of aryl methyl sites for hydroxylation is 3. The van der Waals surface area contributed by atoms with Crippen LogP contribution in [0.5, 0.6) is 17.2 Å². The Hall–Kier alpha value is -2.69. The van der Waals surface area contributed by atoms with Gasteiger partial charge in [0.15, 0.2) is 18.1 Å². The normalized spacial score (nSPS) is 10.4. The van der Waals surface area contributed by atoms with E-state index in [1.807, 2.05) is 32.0 Å². The van der Waals surface area contributed by atoms with E-state index in [-0.39, 0.29) is 12.5 Å².